The van der Waals surface area contributed by atoms with Gasteiger partial charge in [-0.05, 0) is 38.0 Å². The number of carbonyl (C=O) groups excluding carboxylic acids is 2. The first-order valence-electron chi connectivity index (χ1n) is 14.5. The Kier molecular flexibility index (Phi) is 7.92. The van der Waals surface area contributed by atoms with Crippen LogP contribution in [-0.4, -0.2) is 113 Å². The Labute approximate surface area is 258 Å². The molecule has 4 aliphatic rings. The fourth-order valence-corrected chi connectivity index (χ4v) is 7.10. The lowest BCUT2D eigenvalue weighted by Gasteiger charge is -2.44. The van der Waals surface area contributed by atoms with E-state index in [0.29, 0.717) is 66.0 Å². The molecule has 0 spiro atoms. The van der Waals surface area contributed by atoms with E-state index < -0.39 is 34.8 Å². The van der Waals surface area contributed by atoms with Crippen molar-refractivity contribution in [2.75, 3.05) is 59.1 Å². The van der Waals surface area contributed by atoms with Gasteiger partial charge in [0.15, 0.2) is 10.8 Å². The molecule has 234 valence electrons. The maximum absolute atomic E-state index is 14.8. The number of aliphatic imine (C=N–C) groups is 1. The number of halogens is 1. The van der Waals surface area contributed by atoms with Crippen LogP contribution >= 0.6 is 11.3 Å². The van der Waals surface area contributed by atoms with Crippen molar-refractivity contribution in [3.05, 3.63) is 63.0 Å². The molecule has 12 nitrogen and oxygen atoms in total. The predicted molar refractivity (Wildman–Crippen MR) is 159 cm³/mol. The second-order valence-electron chi connectivity index (χ2n) is 12.0. The Balaban J connectivity index is 1.31. The number of rotatable bonds is 9. The van der Waals surface area contributed by atoms with Crippen LogP contribution in [-0.2, 0) is 19.1 Å². The Morgan fingerprint density at radius 2 is 2.07 bits per heavy atom. The number of fused-ring (bicyclic) bond motifs is 1. The third kappa shape index (κ3) is 5.24. The van der Waals surface area contributed by atoms with Crippen LogP contribution in [0.4, 0.5) is 9.18 Å². The molecule has 3 saturated heterocycles. The summed E-state index contributed by atoms with van der Waals surface area (Å²) >= 11 is 1.40. The van der Waals surface area contributed by atoms with Crippen LogP contribution in [0.2, 0.25) is 0 Å². The molecule has 6 rings (SSSR count). The molecule has 2 N–H and O–H groups in total. The van der Waals surface area contributed by atoms with Gasteiger partial charge in [0.05, 0.1) is 30.9 Å². The maximum Gasteiger partial charge on any atom is 0.338 e. The van der Waals surface area contributed by atoms with Crippen molar-refractivity contribution >= 4 is 35.1 Å². The molecule has 44 heavy (non-hydrogen) atoms. The molecule has 14 heteroatoms. The molecule has 5 heterocycles. The molecule has 1 aromatic heterocycles. The topological polar surface area (TPSA) is 137 Å². The summed E-state index contributed by atoms with van der Waals surface area (Å²) in [5.41, 5.74) is 0.162. The number of hydrogen-bond donors (Lipinski definition) is 2. The zero-order chi connectivity index (χ0) is 31.2. The van der Waals surface area contributed by atoms with Crippen LogP contribution in [0.5, 0.6) is 0 Å². The van der Waals surface area contributed by atoms with Gasteiger partial charge in [-0.25, -0.2) is 19.0 Å². The van der Waals surface area contributed by atoms with E-state index in [1.54, 1.807) is 37.1 Å². The van der Waals surface area contributed by atoms with Crippen LogP contribution in [0.15, 0.2) is 46.0 Å². The van der Waals surface area contributed by atoms with E-state index in [1.807, 2.05) is 17.2 Å². The number of aromatic nitrogens is 1. The maximum atomic E-state index is 14.8. The summed E-state index contributed by atoms with van der Waals surface area (Å²) in [4.78, 5) is 53.8. The molecule has 2 unspecified atom stereocenters. The second kappa shape index (κ2) is 11.6. The Hall–Kier alpha value is -3.88. The highest BCUT2D eigenvalue weighted by molar-refractivity contribution is 7.11. The molecular formula is C30H35FN6O6S. The molecule has 0 bridgehead atoms. The number of carboxylic acid groups (broad SMARTS) is 1. The first-order chi connectivity index (χ1) is 21.0. The third-order valence-electron chi connectivity index (χ3n) is 8.83. The third-order valence-corrected chi connectivity index (χ3v) is 9.61. The summed E-state index contributed by atoms with van der Waals surface area (Å²) in [5, 5.41) is 15.6. The molecule has 0 radical (unpaired) electrons. The lowest BCUT2D eigenvalue weighted by molar-refractivity contribution is -0.181. The van der Waals surface area contributed by atoms with Crippen LogP contribution in [0.25, 0.3) is 0 Å². The van der Waals surface area contributed by atoms with Gasteiger partial charge in [-0.2, -0.15) is 0 Å². The smallest absolute Gasteiger partial charge is 0.338 e. The van der Waals surface area contributed by atoms with Gasteiger partial charge in [0.1, 0.15) is 17.3 Å². The fourth-order valence-electron chi connectivity index (χ4n) is 6.51. The molecule has 2 atom stereocenters. The number of urea groups is 1. The van der Waals surface area contributed by atoms with E-state index in [1.165, 1.54) is 17.4 Å². The lowest BCUT2D eigenvalue weighted by atomic mass is 9.85. The van der Waals surface area contributed by atoms with Crippen molar-refractivity contribution in [1.82, 2.24) is 25.0 Å². The van der Waals surface area contributed by atoms with Gasteiger partial charge in [0, 0.05) is 56.5 Å². The van der Waals surface area contributed by atoms with Gasteiger partial charge in [0.25, 0.3) is 0 Å². The number of amidine groups is 1. The number of esters is 1. The number of benzene rings is 1. The van der Waals surface area contributed by atoms with Gasteiger partial charge in [-0.15, -0.1) is 11.3 Å². The standard InChI is InChI=1S/C30H35FN6O6S/c1-4-43-26(38)22-21(33-24(25-32-8-11-44-25)34-23(22)19-6-5-7-20(31)18(19)2)12-35-9-10-37-28(41)36(14-29(37,3)13-35)15-30(27(39)40)16-42-17-30/h5-8,11,23H,4,9-10,12-17H2,1-3H3,(H,33,34)(H,39,40). The molecule has 0 aliphatic carbocycles. The van der Waals surface area contributed by atoms with Crippen molar-refractivity contribution in [1.29, 1.82) is 0 Å². The molecular weight excluding hydrogens is 591 g/mol. The zero-order valence-corrected chi connectivity index (χ0v) is 25.7. The summed E-state index contributed by atoms with van der Waals surface area (Å²) in [6.07, 6.45) is 1.67. The molecule has 4 aliphatic heterocycles. The fraction of sp³-hybridized carbons (Fsp3) is 0.500. The average Bonchev–Trinajstić information content (AvgIpc) is 3.58. The first-order valence-corrected chi connectivity index (χ1v) is 15.4. The van der Waals surface area contributed by atoms with Gasteiger partial charge < -0.3 is 29.7 Å². The molecule has 3 fully saturated rings. The van der Waals surface area contributed by atoms with Crippen molar-refractivity contribution in [3.63, 3.8) is 0 Å². The minimum Gasteiger partial charge on any atom is -0.481 e. The summed E-state index contributed by atoms with van der Waals surface area (Å²) < 4.78 is 25.5. The quantitative estimate of drug-likeness (QED) is 0.402. The van der Waals surface area contributed by atoms with Crippen LogP contribution in [0.3, 0.4) is 0 Å². The largest absolute Gasteiger partial charge is 0.481 e. The van der Waals surface area contributed by atoms with Crippen molar-refractivity contribution in [2.24, 2.45) is 10.4 Å². The molecule has 2 amide bonds. The Morgan fingerprint density at radius 1 is 1.27 bits per heavy atom. The molecule has 1 aromatic carbocycles. The van der Waals surface area contributed by atoms with Crippen molar-refractivity contribution < 1.29 is 33.4 Å². The summed E-state index contributed by atoms with van der Waals surface area (Å²) in [6, 6.07) is 3.75. The number of nitrogens with zero attached hydrogens (tertiary/aromatic N) is 5. The Morgan fingerprint density at radius 3 is 2.73 bits per heavy atom. The lowest BCUT2D eigenvalue weighted by Crippen LogP contribution is -2.60. The number of hydrogen-bond acceptors (Lipinski definition) is 10. The minimum absolute atomic E-state index is 0.0837. The highest BCUT2D eigenvalue weighted by Crippen LogP contribution is 2.38. The number of piperazine rings is 1. The van der Waals surface area contributed by atoms with Crippen LogP contribution in [0.1, 0.15) is 36.0 Å². The number of nitrogens with one attached hydrogen (secondary N) is 1. The number of thiazole rings is 1. The highest BCUT2D eigenvalue weighted by atomic mass is 32.1. The van der Waals surface area contributed by atoms with Crippen molar-refractivity contribution in [3.8, 4) is 0 Å². The van der Waals surface area contributed by atoms with Gasteiger partial charge in [-0.3, -0.25) is 14.7 Å². The predicted octanol–water partition coefficient (Wildman–Crippen LogP) is 2.41. The number of ether oxygens (including phenoxy) is 2. The van der Waals surface area contributed by atoms with Gasteiger partial charge >= 0.3 is 18.0 Å². The summed E-state index contributed by atoms with van der Waals surface area (Å²) in [7, 11) is 0. The average molecular weight is 627 g/mol. The Bertz CT molecular complexity index is 1540. The SMILES string of the molecule is CCOC(=O)C1=C(CN2CCN3C(=O)N(CC4(C(=O)O)COC4)CC3(C)C2)NC(c2nccs2)=NC1c1cccc(F)c1C. The van der Waals surface area contributed by atoms with Crippen molar-refractivity contribution in [2.45, 2.75) is 32.4 Å². The summed E-state index contributed by atoms with van der Waals surface area (Å²) in [5.74, 6) is -1.42. The monoisotopic (exact) mass is 626 g/mol. The molecule has 0 saturated carbocycles. The van der Waals surface area contributed by atoms with E-state index in [0.717, 1.165) is 0 Å². The highest BCUT2D eigenvalue weighted by Gasteiger charge is 2.55. The zero-order valence-electron chi connectivity index (χ0n) is 24.8. The van der Waals surface area contributed by atoms with E-state index in [9.17, 15) is 23.9 Å². The number of carboxylic acids is 1. The minimum atomic E-state index is -1.08. The van der Waals surface area contributed by atoms with E-state index in [4.69, 9.17) is 14.5 Å². The summed E-state index contributed by atoms with van der Waals surface area (Å²) in [6.45, 7) is 7.94. The number of carbonyl (C=O) groups is 3. The van der Waals surface area contributed by atoms with Gasteiger partial charge in [0.2, 0.25) is 0 Å². The van der Waals surface area contributed by atoms with E-state index in [-0.39, 0.29) is 32.4 Å². The number of aliphatic carboxylic acids is 1. The first kappa shape index (κ1) is 30.2. The van der Waals surface area contributed by atoms with E-state index >= 15 is 0 Å². The van der Waals surface area contributed by atoms with E-state index in [2.05, 4.69) is 15.2 Å². The van der Waals surface area contributed by atoms with Gasteiger partial charge in [-0.1, -0.05) is 12.1 Å². The normalized spacial score (nSPS) is 24.9. The van der Waals surface area contributed by atoms with Crippen LogP contribution in [0, 0.1) is 18.2 Å². The second-order valence-corrected chi connectivity index (χ2v) is 12.9. The number of amides is 2. The molecule has 2 aromatic rings. The van der Waals surface area contributed by atoms with Crippen LogP contribution < -0.4 is 5.32 Å².